The second-order valence-corrected chi connectivity index (χ2v) is 6.28. The van der Waals surface area contributed by atoms with Crippen LogP contribution in [0.2, 0.25) is 0 Å². The number of hydrogen-bond donors (Lipinski definition) is 1. The van der Waals surface area contributed by atoms with Crippen LogP contribution in [0.1, 0.15) is 42.4 Å². The molecule has 2 atom stereocenters. The molecule has 1 N–H and O–H groups in total. The van der Waals surface area contributed by atoms with Gasteiger partial charge in [-0.15, -0.1) is 11.3 Å². The van der Waals surface area contributed by atoms with E-state index >= 15 is 0 Å². The van der Waals surface area contributed by atoms with Crippen molar-refractivity contribution < 1.29 is 4.74 Å². The lowest BCUT2D eigenvalue weighted by Crippen LogP contribution is -2.39. The van der Waals surface area contributed by atoms with Gasteiger partial charge in [0.2, 0.25) is 0 Å². The molecular weight excluding hydrogens is 232 g/mol. The van der Waals surface area contributed by atoms with Gasteiger partial charge < -0.3 is 10.1 Å². The van der Waals surface area contributed by atoms with Crippen molar-refractivity contribution in [1.29, 1.82) is 0 Å². The Bertz CT molecular complexity index is 349. The summed E-state index contributed by atoms with van der Waals surface area (Å²) >= 11 is 1.76. The number of aromatic nitrogens is 1. The zero-order valence-electron chi connectivity index (χ0n) is 11.7. The summed E-state index contributed by atoms with van der Waals surface area (Å²) in [4.78, 5) is 5.91. The molecule has 0 spiro atoms. The predicted octanol–water partition coefficient (Wildman–Crippen LogP) is 3.08. The fourth-order valence-electron chi connectivity index (χ4n) is 1.96. The number of nitrogens with zero attached hydrogens (tertiary/aromatic N) is 1. The van der Waals surface area contributed by atoms with Gasteiger partial charge in [-0.3, -0.25) is 0 Å². The maximum Gasteiger partial charge on any atom is 0.0900 e. The minimum Gasteiger partial charge on any atom is -0.383 e. The SMILES string of the molecule is COCC(NC(C)c1nc(C)sc1C)C(C)C. The van der Waals surface area contributed by atoms with Gasteiger partial charge in [-0.25, -0.2) is 4.98 Å². The van der Waals surface area contributed by atoms with E-state index in [9.17, 15) is 0 Å². The van der Waals surface area contributed by atoms with Crippen molar-refractivity contribution in [3.05, 3.63) is 15.6 Å². The van der Waals surface area contributed by atoms with Gasteiger partial charge in [0, 0.05) is 24.1 Å². The molecule has 0 saturated carbocycles. The Morgan fingerprint density at radius 1 is 1.29 bits per heavy atom. The number of aryl methyl sites for hydroxylation is 2. The highest BCUT2D eigenvalue weighted by Crippen LogP contribution is 2.23. The Labute approximate surface area is 109 Å². The van der Waals surface area contributed by atoms with E-state index < -0.39 is 0 Å². The summed E-state index contributed by atoms with van der Waals surface area (Å²) in [5, 5.41) is 4.74. The van der Waals surface area contributed by atoms with Crippen LogP contribution in [0.5, 0.6) is 0 Å². The molecular formula is C13H24N2OS. The number of ether oxygens (including phenoxy) is 1. The largest absolute Gasteiger partial charge is 0.383 e. The van der Waals surface area contributed by atoms with Crippen LogP contribution in [-0.4, -0.2) is 24.7 Å². The van der Waals surface area contributed by atoms with Crippen LogP contribution in [-0.2, 0) is 4.74 Å². The van der Waals surface area contributed by atoms with E-state index in [4.69, 9.17) is 4.74 Å². The lowest BCUT2D eigenvalue weighted by Gasteiger charge is -2.25. The third-order valence-corrected chi connectivity index (χ3v) is 3.87. The van der Waals surface area contributed by atoms with E-state index in [1.54, 1.807) is 18.4 Å². The Kier molecular flexibility index (Phi) is 5.56. The van der Waals surface area contributed by atoms with Crippen molar-refractivity contribution in [1.82, 2.24) is 10.3 Å². The standard InChI is InChI=1S/C13H24N2OS/c1-8(2)12(7-16-6)14-9(3)13-10(4)17-11(5)15-13/h8-9,12,14H,7H2,1-6H3. The molecule has 3 nitrogen and oxygen atoms in total. The average Bonchev–Trinajstić information content (AvgIpc) is 2.57. The molecule has 17 heavy (non-hydrogen) atoms. The topological polar surface area (TPSA) is 34.1 Å². The molecule has 0 aliphatic rings. The molecule has 1 aromatic rings. The fraction of sp³-hybridized carbons (Fsp3) is 0.769. The van der Waals surface area contributed by atoms with Crippen molar-refractivity contribution in [3.8, 4) is 0 Å². The van der Waals surface area contributed by atoms with Crippen molar-refractivity contribution in [2.45, 2.75) is 46.7 Å². The third-order valence-electron chi connectivity index (χ3n) is 2.96. The van der Waals surface area contributed by atoms with Crippen LogP contribution < -0.4 is 5.32 Å². The zero-order chi connectivity index (χ0) is 13.0. The Morgan fingerprint density at radius 3 is 2.35 bits per heavy atom. The molecule has 0 aromatic carbocycles. The number of nitrogens with one attached hydrogen (secondary N) is 1. The van der Waals surface area contributed by atoms with E-state index in [2.05, 4.69) is 44.9 Å². The first kappa shape index (κ1) is 14.6. The molecule has 2 unspecified atom stereocenters. The minimum absolute atomic E-state index is 0.280. The molecule has 1 aromatic heterocycles. The lowest BCUT2D eigenvalue weighted by atomic mass is 10.0. The molecule has 4 heteroatoms. The summed E-state index contributed by atoms with van der Waals surface area (Å²) in [6, 6.07) is 0.652. The summed E-state index contributed by atoms with van der Waals surface area (Å²) < 4.78 is 5.26. The first-order chi connectivity index (χ1) is 7.95. The van der Waals surface area contributed by atoms with Gasteiger partial charge in [-0.05, 0) is 26.7 Å². The summed E-state index contributed by atoms with van der Waals surface area (Å²) in [7, 11) is 1.75. The summed E-state index contributed by atoms with van der Waals surface area (Å²) in [5.74, 6) is 0.553. The van der Waals surface area contributed by atoms with Crippen molar-refractivity contribution >= 4 is 11.3 Å². The summed E-state index contributed by atoms with van der Waals surface area (Å²) in [5.41, 5.74) is 1.18. The molecule has 0 amide bonds. The number of rotatable bonds is 6. The van der Waals surface area contributed by atoms with E-state index in [0.29, 0.717) is 12.0 Å². The lowest BCUT2D eigenvalue weighted by molar-refractivity contribution is 0.141. The number of hydrogen-bond acceptors (Lipinski definition) is 4. The molecule has 0 saturated heterocycles. The van der Waals surface area contributed by atoms with Gasteiger partial charge in [-0.1, -0.05) is 13.8 Å². The molecule has 1 rings (SSSR count). The average molecular weight is 256 g/mol. The molecule has 0 radical (unpaired) electrons. The van der Waals surface area contributed by atoms with Crippen LogP contribution in [0.4, 0.5) is 0 Å². The third kappa shape index (κ3) is 4.05. The van der Waals surface area contributed by atoms with Crippen LogP contribution in [0.15, 0.2) is 0 Å². The highest BCUT2D eigenvalue weighted by Gasteiger charge is 2.19. The summed E-state index contributed by atoms with van der Waals surface area (Å²) in [6.07, 6.45) is 0. The molecule has 0 fully saturated rings. The van der Waals surface area contributed by atoms with Crippen LogP contribution in [0.3, 0.4) is 0 Å². The first-order valence-electron chi connectivity index (χ1n) is 6.14. The maximum absolute atomic E-state index is 5.26. The smallest absolute Gasteiger partial charge is 0.0900 e. The Morgan fingerprint density at radius 2 is 1.94 bits per heavy atom. The molecule has 0 aliphatic carbocycles. The molecule has 98 valence electrons. The number of methoxy groups -OCH3 is 1. The highest BCUT2D eigenvalue weighted by atomic mass is 32.1. The van der Waals surface area contributed by atoms with Gasteiger partial charge >= 0.3 is 0 Å². The highest BCUT2D eigenvalue weighted by molar-refractivity contribution is 7.11. The van der Waals surface area contributed by atoms with Crippen LogP contribution in [0, 0.1) is 19.8 Å². The normalized spacial score (nSPS) is 15.2. The van der Waals surface area contributed by atoms with Crippen molar-refractivity contribution in [2.75, 3.05) is 13.7 Å². The second kappa shape index (κ2) is 6.47. The van der Waals surface area contributed by atoms with E-state index in [0.717, 1.165) is 11.6 Å². The molecule has 1 heterocycles. The predicted molar refractivity (Wildman–Crippen MR) is 73.6 cm³/mol. The van der Waals surface area contributed by atoms with Gasteiger partial charge in [-0.2, -0.15) is 0 Å². The monoisotopic (exact) mass is 256 g/mol. The van der Waals surface area contributed by atoms with E-state index in [-0.39, 0.29) is 6.04 Å². The van der Waals surface area contributed by atoms with Gasteiger partial charge in [0.1, 0.15) is 0 Å². The second-order valence-electron chi connectivity index (χ2n) is 4.87. The maximum atomic E-state index is 5.26. The minimum atomic E-state index is 0.280. The van der Waals surface area contributed by atoms with E-state index in [1.165, 1.54) is 10.6 Å². The Balaban J connectivity index is 2.69. The summed E-state index contributed by atoms with van der Waals surface area (Å²) in [6.45, 7) is 11.5. The quantitative estimate of drug-likeness (QED) is 0.849. The van der Waals surface area contributed by atoms with Crippen molar-refractivity contribution in [3.63, 3.8) is 0 Å². The zero-order valence-corrected chi connectivity index (χ0v) is 12.5. The van der Waals surface area contributed by atoms with Crippen LogP contribution in [0.25, 0.3) is 0 Å². The number of thiazole rings is 1. The molecule has 0 aliphatic heterocycles. The van der Waals surface area contributed by atoms with E-state index in [1.807, 2.05) is 0 Å². The van der Waals surface area contributed by atoms with Gasteiger partial charge in [0.05, 0.1) is 17.3 Å². The molecule has 0 bridgehead atoms. The van der Waals surface area contributed by atoms with Crippen molar-refractivity contribution in [2.24, 2.45) is 5.92 Å². The Hall–Kier alpha value is -0.450. The first-order valence-corrected chi connectivity index (χ1v) is 6.96. The van der Waals surface area contributed by atoms with Gasteiger partial charge in [0.25, 0.3) is 0 Å². The van der Waals surface area contributed by atoms with Crippen LogP contribution >= 0.6 is 11.3 Å². The van der Waals surface area contributed by atoms with Gasteiger partial charge in [0.15, 0.2) is 0 Å². The fourth-order valence-corrected chi connectivity index (χ4v) is 2.87.